The maximum absolute atomic E-state index is 9.61. The fraction of sp³-hybridized carbons (Fsp3) is 0.600. The molecule has 0 fully saturated rings. The molecule has 114 valence electrons. The molecule has 1 aromatic rings. The number of halogens is 1. The first kappa shape index (κ1) is 17.3. The van der Waals surface area contributed by atoms with E-state index in [1.54, 1.807) is 0 Å². The maximum Gasteiger partial charge on any atom is 0.175 e. The zero-order valence-electron chi connectivity index (χ0n) is 12.4. The highest BCUT2D eigenvalue weighted by Gasteiger charge is 2.13. The molecule has 0 saturated heterocycles. The van der Waals surface area contributed by atoms with Crippen LogP contribution in [0.1, 0.15) is 32.8 Å². The van der Waals surface area contributed by atoms with Crippen LogP contribution in [-0.2, 0) is 6.54 Å². The molecule has 1 unspecified atom stereocenters. The Bertz CT molecular complexity index is 412. The highest BCUT2D eigenvalue weighted by Crippen LogP contribution is 2.37. The van der Waals surface area contributed by atoms with Gasteiger partial charge in [-0.15, -0.1) is 0 Å². The summed E-state index contributed by atoms with van der Waals surface area (Å²) >= 11 is 3.52. The van der Waals surface area contributed by atoms with Gasteiger partial charge in [-0.3, -0.25) is 0 Å². The van der Waals surface area contributed by atoms with Crippen LogP contribution in [0.15, 0.2) is 16.6 Å². The number of ether oxygens (including phenoxy) is 2. The van der Waals surface area contributed by atoms with Crippen LogP contribution in [0.25, 0.3) is 0 Å². The quantitative estimate of drug-likeness (QED) is 0.721. The molecule has 1 atom stereocenters. The Balaban J connectivity index is 2.90. The summed E-state index contributed by atoms with van der Waals surface area (Å²) in [7, 11) is 0. The Morgan fingerprint density at radius 3 is 2.60 bits per heavy atom. The van der Waals surface area contributed by atoms with Crippen LogP contribution >= 0.6 is 15.9 Å². The van der Waals surface area contributed by atoms with Gasteiger partial charge in [-0.2, -0.15) is 0 Å². The molecule has 0 amide bonds. The smallest absolute Gasteiger partial charge is 0.175 e. The molecule has 4 nitrogen and oxygen atoms in total. The largest absolute Gasteiger partial charge is 0.490 e. The summed E-state index contributed by atoms with van der Waals surface area (Å²) in [6.45, 7) is 8.48. The van der Waals surface area contributed by atoms with E-state index in [1.165, 1.54) is 0 Å². The number of rotatable bonds is 9. The molecule has 0 aliphatic carbocycles. The predicted octanol–water partition coefficient (Wildman–Crippen LogP) is 3.11. The van der Waals surface area contributed by atoms with Crippen LogP contribution in [0, 0.1) is 0 Å². The van der Waals surface area contributed by atoms with Crippen LogP contribution in [0.3, 0.4) is 0 Å². The lowest BCUT2D eigenvalue weighted by Crippen LogP contribution is -2.17. The van der Waals surface area contributed by atoms with E-state index in [0.717, 1.165) is 23.1 Å². The van der Waals surface area contributed by atoms with E-state index >= 15 is 0 Å². The van der Waals surface area contributed by atoms with E-state index < -0.39 is 6.10 Å². The van der Waals surface area contributed by atoms with Gasteiger partial charge in [-0.05, 0) is 53.5 Å². The zero-order chi connectivity index (χ0) is 15.0. The molecule has 5 heteroatoms. The van der Waals surface area contributed by atoms with Crippen LogP contribution in [-0.4, -0.2) is 31.0 Å². The molecule has 0 bridgehead atoms. The molecule has 0 aromatic heterocycles. The van der Waals surface area contributed by atoms with Crippen molar-refractivity contribution in [1.82, 2.24) is 5.32 Å². The van der Waals surface area contributed by atoms with Crippen molar-refractivity contribution in [3.05, 3.63) is 22.2 Å². The standard InChI is InChI=1S/C15H24BrNO3/c1-4-12(18)10-20-15-13(16)7-11(9-17-5-2)8-14(15)19-6-3/h7-8,12,17-18H,4-6,9-10H2,1-3H3. The topological polar surface area (TPSA) is 50.7 Å². The van der Waals surface area contributed by atoms with Gasteiger partial charge in [0.1, 0.15) is 6.61 Å². The second kappa shape index (κ2) is 9.21. The van der Waals surface area contributed by atoms with Crippen molar-refractivity contribution in [3.63, 3.8) is 0 Å². The lowest BCUT2D eigenvalue weighted by Gasteiger charge is -2.17. The normalized spacial score (nSPS) is 12.2. The van der Waals surface area contributed by atoms with E-state index in [2.05, 4.69) is 28.2 Å². The monoisotopic (exact) mass is 345 g/mol. The van der Waals surface area contributed by atoms with Gasteiger partial charge in [0.2, 0.25) is 0 Å². The third-order valence-electron chi connectivity index (χ3n) is 2.84. The number of benzene rings is 1. The predicted molar refractivity (Wildman–Crippen MR) is 84.5 cm³/mol. The van der Waals surface area contributed by atoms with Crippen molar-refractivity contribution >= 4 is 15.9 Å². The van der Waals surface area contributed by atoms with Crippen molar-refractivity contribution in [3.8, 4) is 11.5 Å². The van der Waals surface area contributed by atoms with Gasteiger partial charge in [-0.25, -0.2) is 0 Å². The van der Waals surface area contributed by atoms with Gasteiger partial charge in [0, 0.05) is 6.54 Å². The minimum Gasteiger partial charge on any atom is -0.490 e. The highest BCUT2D eigenvalue weighted by atomic mass is 79.9. The van der Waals surface area contributed by atoms with Crippen molar-refractivity contribution in [1.29, 1.82) is 0 Å². The van der Waals surface area contributed by atoms with Gasteiger partial charge in [0.15, 0.2) is 11.5 Å². The molecule has 0 aliphatic rings. The molecule has 0 aliphatic heterocycles. The van der Waals surface area contributed by atoms with Gasteiger partial charge in [-0.1, -0.05) is 13.8 Å². The molecular weight excluding hydrogens is 322 g/mol. The van der Waals surface area contributed by atoms with E-state index in [-0.39, 0.29) is 6.61 Å². The maximum atomic E-state index is 9.61. The summed E-state index contributed by atoms with van der Waals surface area (Å²) in [6, 6.07) is 3.99. The first-order valence-electron chi connectivity index (χ1n) is 7.09. The second-order valence-corrected chi connectivity index (χ2v) is 5.35. The Morgan fingerprint density at radius 1 is 1.25 bits per heavy atom. The third-order valence-corrected chi connectivity index (χ3v) is 3.43. The van der Waals surface area contributed by atoms with E-state index in [1.807, 2.05) is 26.0 Å². The minimum atomic E-state index is -0.460. The number of aliphatic hydroxyl groups is 1. The van der Waals surface area contributed by atoms with Gasteiger partial charge in [0.25, 0.3) is 0 Å². The average molecular weight is 346 g/mol. The van der Waals surface area contributed by atoms with Gasteiger partial charge in [0.05, 0.1) is 17.2 Å². The Labute approximate surface area is 129 Å². The van der Waals surface area contributed by atoms with Crippen LogP contribution < -0.4 is 14.8 Å². The lowest BCUT2D eigenvalue weighted by molar-refractivity contribution is 0.102. The lowest BCUT2D eigenvalue weighted by atomic mass is 10.2. The molecule has 1 rings (SSSR count). The molecule has 1 aromatic carbocycles. The van der Waals surface area contributed by atoms with Crippen molar-refractivity contribution in [2.24, 2.45) is 0 Å². The van der Waals surface area contributed by atoms with E-state index in [9.17, 15) is 5.11 Å². The second-order valence-electron chi connectivity index (χ2n) is 4.49. The SMILES string of the molecule is CCNCc1cc(Br)c(OCC(O)CC)c(OCC)c1. The molecule has 2 N–H and O–H groups in total. The molecule has 0 heterocycles. The summed E-state index contributed by atoms with van der Waals surface area (Å²) < 4.78 is 12.2. The summed E-state index contributed by atoms with van der Waals surface area (Å²) in [5, 5.41) is 12.9. The summed E-state index contributed by atoms with van der Waals surface area (Å²) in [4.78, 5) is 0. The number of nitrogens with one attached hydrogen (secondary N) is 1. The first-order valence-corrected chi connectivity index (χ1v) is 7.88. The molecule has 0 saturated carbocycles. The summed E-state index contributed by atoms with van der Waals surface area (Å²) in [5.41, 5.74) is 1.13. The molecule has 0 radical (unpaired) electrons. The van der Waals surface area contributed by atoms with Gasteiger partial charge >= 0.3 is 0 Å². The number of aliphatic hydroxyl groups excluding tert-OH is 1. The Morgan fingerprint density at radius 2 is 2.00 bits per heavy atom. The number of hydrogen-bond acceptors (Lipinski definition) is 4. The van der Waals surface area contributed by atoms with Crippen molar-refractivity contribution < 1.29 is 14.6 Å². The van der Waals surface area contributed by atoms with E-state index in [0.29, 0.717) is 24.5 Å². The Hall–Kier alpha value is -0.780. The third kappa shape index (κ3) is 5.31. The minimum absolute atomic E-state index is 0.266. The molecular formula is C15H24BrNO3. The summed E-state index contributed by atoms with van der Waals surface area (Å²) in [6.07, 6.45) is 0.206. The fourth-order valence-corrected chi connectivity index (χ4v) is 2.30. The first-order chi connectivity index (χ1) is 9.62. The average Bonchev–Trinajstić information content (AvgIpc) is 2.44. The van der Waals surface area contributed by atoms with Crippen LogP contribution in [0.4, 0.5) is 0 Å². The van der Waals surface area contributed by atoms with Crippen molar-refractivity contribution in [2.75, 3.05) is 19.8 Å². The van der Waals surface area contributed by atoms with Crippen LogP contribution in [0.2, 0.25) is 0 Å². The van der Waals surface area contributed by atoms with Crippen LogP contribution in [0.5, 0.6) is 11.5 Å². The zero-order valence-corrected chi connectivity index (χ0v) is 14.0. The summed E-state index contributed by atoms with van der Waals surface area (Å²) in [5.74, 6) is 1.36. The molecule has 20 heavy (non-hydrogen) atoms. The van der Waals surface area contributed by atoms with E-state index in [4.69, 9.17) is 9.47 Å². The highest BCUT2D eigenvalue weighted by molar-refractivity contribution is 9.10. The molecule has 0 spiro atoms. The Kier molecular flexibility index (Phi) is 7.95. The fourth-order valence-electron chi connectivity index (χ4n) is 1.69. The number of hydrogen-bond donors (Lipinski definition) is 2. The van der Waals surface area contributed by atoms with Gasteiger partial charge < -0.3 is 19.9 Å². The van der Waals surface area contributed by atoms with Crippen molar-refractivity contribution in [2.45, 2.75) is 39.8 Å².